The van der Waals surface area contributed by atoms with Crippen LogP contribution in [0, 0.1) is 5.92 Å². The van der Waals surface area contributed by atoms with E-state index in [-0.39, 0.29) is 17.8 Å². The third kappa shape index (κ3) is 5.36. The lowest BCUT2D eigenvalue weighted by Gasteiger charge is -2.31. The zero-order chi connectivity index (χ0) is 21.5. The van der Waals surface area contributed by atoms with E-state index in [2.05, 4.69) is 9.89 Å². The summed E-state index contributed by atoms with van der Waals surface area (Å²) in [4.78, 5) is 31.3. The molecule has 0 aromatic heterocycles. The van der Waals surface area contributed by atoms with Gasteiger partial charge in [-0.25, -0.2) is 0 Å². The molecule has 8 heteroatoms. The maximum absolute atomic E-state index is 12.5. The van der Waals surface area contributed by atoms with Crippen LogP contribution in [-0.4, -0.2) is 54.9 Å². The van der Waals surface area contributed by atoms with Gasteiger partial charge in [0.15, 0.2) is 5.17 Å². The number of amidine groups is 1. The number of rotatable bonds is 7. The average molecular weight is 433 g/mol. The minimum absolute atomic E-state index is 0.0727. The van der Waals surface area contributed by atoms with E-state index in [1.165, 1.54) is 11.8 Å². The zero-order valence-corrected chi connectivity index (χ0v) is 18.5. The Kier molecular flexibility index (Phi) is 7.79. The number of carbonyl (C=O) groups is 2. The highest BCUT2D eigenvalue weighted by atomic mass is 32.2. The van der Waals surface area contributed by atoms with Crippen molar-refractivity contribution in [2.45, 2.75) is 33.6 Å². The number of likely N-dealkylation sites (tertiary alicyclic amines) is 1. The van der Waals surface area contributed by atoms with E-state index in [0.717, 1.165) is 11.3 Å². The van der Waals surface area contributed by atoms with E-state index in [1.807, 2.05) is 45.0 Å². The summed E-state index contributed by atoms with van der Waals surface area (Å²) in [5, 5.41) is 0.692. The number of amides is 1. The smallest absolute Gasteiger partial charge is 0.309 e. The van der Waals surface area contributed by atoms with Gasteiger partial charge in [-0.1, -0.05) is 0 Å². The first-order valence-corrected chi connectivity index (χ1v) is 11.2. The van der Waals surface area contributed by atoms with Crippen molar-refractivity contribution < 1.29 is 23.8 Å². The summed E-state index contributed by atoms with van der Waals surface area (Å²) in [5.41, 5.74) is 0.814. The zero-order valence-electron chi connectivity index (χ0n) is 17.7. The first kappa shape index (κ1) is 22.2. The van der Waals surface area contributed by atoms with Crippen molar-refractivity contribution >= 4 is 34.9 Å². The van der Waals surface area contributed by atoms with Gasteiger partial charge < -0.3 is 19.1 Å². The van der Waals surface area contributed by atoms with Crippen LogP contribution in [0.1, 0.15) is 39.2 Å². The van der Waals surface area contributed by atoms with Crippen LogP contribution in [-0.2, 0) is 14.3 Å². The van der Waals surface area contributed by atoms with Gasteiger partial charge in [-0.15, -0.1) is 0 Å². The van der Waals surface area contributed by atoms with E-state index in [1.54, 1.807) is 0 Å². The summed E-state index contributed by atoms with van der Waals surface area (Å²) >= 11 is 1.37. The van der Waals surface area contributed by atoms with E-state index in [4.69, 9.17) is 14.2 Å². The van der Waals surface area contributed by atoms with Crippen molar-refractivity contribution in [2.75, 3.05) is 32.9 Å². The minimum atomic E-state index is -0.251. The van der Waals surface area contributed by atoms with Crippen molar-refractivity contribution in [1.82, 2.24) is 4.90 Å². The topological polar surface area (TPSA) is 77.4 Å². The molecule has 0 radical (unpaired) electrons. The van der Waals surface area contributed by atoms with Crippen molar-refractivity contribution in [3.05, 3.63) is 28.7 Å². The van der Waals surface area contributed by atoms with E-state index < -0.39 is 0 Å². The van der Waals surface area contributed by atoms with Gasteiger partial charge in [-0.05, 0) is 63.6 Å². The number of hydrogen-bond acceptors (Lipinski definition) is 7. The molecule has 0 bridgehead atoms. The minimum Gasteiger partial charge on any atom is -0.494 e. The van der Waals surface area contributed by atoms with Gasteiger partial charge in [0, 0.05) is 24.7 Å². The summed E-state index contributed by atoms with van der Waals surface area (Å²) in [5.74, 6) is 0.951. The van der Waals surface area contributed by atoms with Gasteiger partial charge in [0.2, 0.25) is 0 Å². The molecule has 1 aromatic carbocycles. The number of piperidine rings is 1. The predicted molar refractivity (Wildman–Crippen MR) is 118 cm³/mol. The molecule has 1 amide bonds. The fourth-order valence-corrected chi connectivity index (χ4v) is 4.37. The van der Waals surface area contributed by atoms with Crippen LogP contribution in [0.25, 0.3) is 6.08 Å². The van der Waals surface area contributed by atoms with Gasteiger partial charge in [0.05, 0.1) is 30.6 Å². The molecule has 30 heavy (non-hydrogen) atoms. The molecule has 2 heterocycles. The largest absolute Gasteiger partial charge is 0.494 e. The highest BCUT2D eigenvalue weighted by Gasteiger charge is 2.31. The first-order chi connectivity index (χ1) is 14.5. The number of hydrogen-bond donors (Lipinski definition) is 0. The van der Waals surface area contributed by atoms with E-state index >= 15 is 0 Å². The standard InChI is InChI=1S/C22H28N2O5S/c1-4-27-17-8-7-16(18(14-17)28-5-2)13-19-20(25)23-22(30-19)24-11-9-15(10-12-24)21(26)29-6-3/h7-8,13-15H,4-6,9-12H2,1-3H3. The Labute approximate surface area is 181 Å². The van der Waals surface area contributed by atoms with Crippen LogP contribution in [0.5, 0.6) is 11.5 Å². The number of thioether (sulfide) groups is 1. The Morgan fingerprint density at radius 3 is 2.57 bits per heavy atom. The summed E-state index contributed by atoms with van der Waals surface area (Å²) in [6, 6.07) is 5.59. The predicted octanol–water partition coefficient (Wildman–Crippen LogP) is 3.73. The number of aliphatic imine (C=N–C) groups is 1. The summed E-state index contributed by atoms with van der Waals surface area (Å²) < 4.78 is 16.4. The van der Waals surface area contributed by atoms with Crippen LogP contribution < -0.4 is 9.47 Å². The Balaban J connectivity index is 1.67. The quantitative estimate of drug-likeness (QED) is 0.480. The molecule has 2 aliphatic heterocycles. The molecule has 7 nitrogen and oxygen atoms in total. The van der Waals surface area contributed by atoms with Crippen LogP contribution in [0.4, 0.5) is 0 Å². The highest BCUT2D eigenvalue weighted by molar-refractivity contribution is 8.18. The molecule has 1 aromatic rings. The summed E-state index contributed by atoms with van der Waals surface area (Å²) in [6.07, 6.45) is 3.23. The fourth-order valence-electron chi connectivity index (χ4n) is 3.41. The average Bonchev–Trinajstić information content (AvgIpc) is 3.11. The Morgan fingerprint density at radius 1 is 1.17 bits per heavy atom. The number of ether oxygens (including phenoxy) is 3. The Hall–Kier alpha value is -2.48. The molecule has 0 aliphatic carbocycles. The molecule has 0 spiro atoms. The lowest BCUT2D eigenvalue weighted by atomic mass is 9.97. The molecule has 0 N–H and O–H groups in total. The third-order valence-electron chi connectivity index (χ3n) is 4.88. The number of esters is 1. The molecule has 0 saturated carbocycles. The lowest BCUT2D eigenvalue weighted by molar-refractivity contribution is -0.149. The second-order valence-electron chi connectivity index (χ2n) is 6.89. The molecule has 1 saturated heterocycles. The van der Waals surface area contributed by atoms with Crippen molar-refractivity contribution in [3.63, 3.8) is 0 Å². The summed E-state index contributed by atoms with van der Waals surface area (Å²) in [7, 11) is 0. The van der Waals surface area contributed by atoms with Crippen molar-refractivity contribution in [3.8, 4) is 11.5 Å². The third-order valence-corrected chi connectivity index (χ3v) is 5.92. The molecule has 2 aliphatic rings. The molecule has 3 rings (SSSR count). The van der Waals surface area contributed by atoms with Gasteiger partial charge in [0.1, 0.15) is 11.5 Å². The fraction of sp³-hybridized carbons (Fsp3) is 0.500. The van der Waals surface area contributed by atoms with Crippen LogP contribution in [0.2, 0.25) is 0 Å². The molecule has 1 fully saturated rings. The number of benzene rings is 1. The molecule has 162 valence electrons. The van der Waals surface area contributed by atoms with Gasteiger partial charge >= 0.3 is 5.97 Å². The van der Waals surface area contributed by atoms with Crippen LogP contribution >= 0.6 is 11.8 Å². The molecule has 0 atom stereocenters. The molecule has 0 unspecified atom stereocenters. The molecular formula is C22H28N2O5S. The van der Waals surface area contributed by atoms with Gasteiger partial charge in [-0.3, -0.25) is 9.59 Å². The summed E-state index contributed by atoms with van der Waals surface area (Å²) in [6.45, 7) is 8.53. The van der Waals surface area contributed by atoms with E-state index in [9.17, 15) is 9.59 Å². The van der Waals surface area contributed by atoms with E-state index in [0.29, 0.717) is 61.6 Å². The first-order valence-electron chi connectivity index (χ1n) is 10.4. The second-order valence-corrected chi connectivity index (χ2v) is 7.90. The Bertz CT molecular complexity index is 844. The maximum Gasteiger partial charge on any atom is 0.309 e. The lowest BCUT2D eigenvalue weighted by Crippen LogP contribution is -2.39. The highest BCUT2D eigenvalue weighted by Crippen LogP contribution is 2.35. The monoisotopic (exact) mass is 432 g/mol. The molecular weight excluding hydrogens is 404 g/mol. The Morgan fingerprint density at radius 2 is 1.90 bits per heavy atom. The van der Waals surface area contributed by atoms with Crippen LogP contribution in [0.15, 0.2) is 28.1 Å². The maximum atomic E-state index is 12.5. The van der Waals surface area contributed by atoms with Gasteiger partial charge in [0.25, 0.3) is 5.91 Å². The number of carbonyl (C=O) groups excluding carboxylic acids is 2. The van der Waals surface area contributed by atoms with Gasteiger partial charge in [-0.2, -0.15) is 4.99 Å². The second kappa shape index (κ2) is 10.5. The van der Waals surface area contributed by atoms with Crippen molar-refractivity contribution in [2.24, 2.45) is 10.9 Å². The number of nitrogens with zero attached hydrogens (tertiary/aromatic N) is 2. The van der Waals surface area contributed by atoms with Crippen LogP contribution in [0.3, 0.4) is 0 Å². The SMILES string of the molecule is CCOC(=O)C1CCN(C2=NC(=O)C(=Cc3ccc(OCC)cc3OCC)S2)CC1. The van der Waals surface area contributed by atoms with Crippen molar-refractivity contribution in [1.29, 1.82) is 0 Å². The normalized spacial score (nSPS) is 18.5.